The maximum atomic E-state index is 6.16. The first-order chi connectivity index (χ1) is 7.41. The van der Waals surface area contributed by atoms with Gasteiger partial charge >= 0.3 is 0 Å². The fraction of sp³-hybridized carbons (Fsp3) is 0.538. The van der Waals surface area contributed by atoms with Crippen LogP contribution in [0.25, 0.3) is 0 Å². The minimum Gasteiger partial charge on any atom is -0.328 e. The summed E-state index contributed by atoms with van der Waals surface area (Å²) in [5, 5.41) is 1.41. The summed E-state index contributed by atoms with van der Waals surface area (Å²) in [5.74, 6) is 0.991. The second-order valence-corrected chi connectivity index (χ2v) is 5.55. The van der Waals surface area contributed by atoms with Gasteiger partial charge in [0.25, 0.3) is 0 Å². The molecule has 0 amide bonds. The summed E-state index contributed by atoms with van der Waals surface area (Å²) in [6, 6.07) is 5.83. The molecule has 0 bridgehead atoms. The first kappa shape index (κ1) is 13.8. The first-order valence-electron chi connectivity index (χ1n) is 5.61. The van der Waals surface area contributed by atoms with Crippen molar-refractivity contribution in [2.75, 3.05) is 0 Å². The van der Waals surface area contributed by atoms with Crippen molar-refractivity contribution in [3.63, 3.8) is 0 Å². The molecule has 2 atom stereocenters. The van der Waals surface area contributed by atoms with Crippen LogP contribution in [-0.4, -0.2) is 6.04 Å². The molecule has 0 aliphatic carbocycles. The van der Waals surface area contributed by atoms with Gasteiger partial charge < -0.3 is 5.73 Å². The van der Waals surface area contributed by atoms with Gasteiger partial charge in [0, 0.05) is 16.1 Å². The molecule has 0 saturated heterocycles. The van der Waals surface area contributed by atoms with E-state index in [-0.39, 0.29) is 6.04 Å². The van der Waals surface area contributed by atoms with Crippen LogP contribution in [0.15, 0.2) is 18.2 Å². The molecule has 1 nitrogen and oxygen atoms in total. The maximum absolute atomic E-state index is 6.16. The number of hydrogen-bond acceptors (Lipinski definition) is 1. The molecule has 0 fully saturated rings. The highest BCUT2D eigenvalue weighted by Gasteiger charge is 2.19. The van der Waals surface area contributed by atoms with Crippen molar-refractivity contribution in [3.8, 4) is 0 Å². The first-order valence-corrected chi connectivity index (χ1v) is 6.37. The van der Waals surface area contributed by atoms with Crippen LogP contribution in [0.4, 0.5) is 0 Å². The molecule has 90 valence electrons. The lowest BCUT2D eigenvalue weighted by atomic mass is 9.84. The summed E-state index contributed by atoms with van der Waals surface area (Å²) >= 11 is 12.0. The average Bonchev–Trinajstić information content (AvgIpc) is 2.15. The Balaban J connectivity index is 2.85. The topological polar surface area (TPSA) is 26.0 Å². The van der Waals surface area contributed by atoms with Gasteiger partial charge in [0.2, 0.25) is 0 Å². The van der Waals surface area contributed by atoms with Crippen molar-refractivity contribution in [2.45, 2.75) is 33.2 Å². The van der Waals surface area contributed by atoms with Crippen LogP contribution < -0.4 is 5.73 Å². The molecule has 1 rings (SSSR count). The van der Waals surface area contributed by atoms with Gasteiger partial charge in [0.05, 0.1) is 0 Å². The quantitative estimate of drug-likeness (QED) is 0.864. The second-order valence-electron chi connectivity index (χ2n) is 4.71. The van der Waals surface area contributed by atoms with E-state index in [1.165, 1.54) is 0 Å². The van der Waals surface area contributed by atoms with Gasteiger partial charge in [-0.3, -0.25) is 0 Å². The molecule has 0 aliphatic rings. The van der Waals surface area contributed by atoms with E-state index >= 15 is 0 Å². The number of hydrogen-bond donors (Lipinski definition) is 1. The van der Waals surface area contributed by atoms with E-state index in [1.807, 2.05) is 12.1 Å². The normalized spacial score (nSPS) is 15.2. The summed E-state index contributed by atoms with van der Waals surface area (Å²) < 4.78 is 0. The zero-order valence-corrected chi connectivity index (χ0v) is 11.5. The van der Waals surface area contributed by atoms with E-state index in [1.54, 1.807) is 6.07 Å². The van der Waals surface area contributed by atoms with Crippen molar-refractivity contribution in [2.24, 2.45) is 17.6 Å². The van der Waals surface area contributed by atoms with E-state index in [0.29, 0.717) is 16.9 Å². The van der Waals surface area contributed by atoms with E-state index in [9.17, 15) is 0 Å². The van der Waals surface area contributed by atoms with Crippen LogP contribution in [0.1, 0.15) is 26.3 Å². The van der Waals surface area contributed by atoms with Crippen LogP contribution in [0, 0.1) is 11.8 Å². The standard InChI is InChI=1S/C13H19Cl2N/c1-8(2)12(9(3)16)6-10-4-5-11(14)7-13(10)15/h4-5,7-9,12H,6,16H2,1-3H3. The molecular formula is C13H19Cl2N. The SMILES string of the molecule is CC(C)C(Cc1ccc(Cl)cc1Cl)C(C)N. The minimum absolute atomic E-state index is 0.173. The maximum Gasteiger partial charge on any atom is 0.0452 e. The van der Waals surface area contributed by atoms with Crippen LogP contribution >= 0.6 is 23.2 Å². The van der Waals surface area contributed by atoms with Gasteiger partial charge in [-0.15, -0.1) is 0 Å². The van der Waals surface area contributed by atoms with E-state index in [4.69, 9.17) is 28.9 Å². The lowest BCUT2D eigenvalue weighted by Crippen LogP contribution is -2.32. The zero-order valence-electron chi connectivity index (χ0n) is 10.0. The fourth-order valence-electron chi connectivity index (χ4n) is 1.97. The summed E-state index contributed by atoms with van der Waals surface area (Å²) in [4.78, 5) is 0. The Hall–Kier alpha value is -0.240. The Morgan fingerprint density at radius 3 is 2.25 bits per heavy atom. The molecule has 2 unspecified atom stereocenters. The Morgan fingerprint density at radius 2 is 1.81 bits per heavy atom. The third kappa shape index (κ3) is 3.65. The lowest BCUT2D eigenvalue weighted by Gasteiger charge is -2.25. The number of nitrogens with two attached hydrogens (primary N) is 1. The Morgan fingerprint density at radius 1 is 1.19 bits per heavy atom. The minimum atomic E-state index is 0.173. The molecule has 0 heterocycles. The molecule has 1 aromatic rings. The van der Waals surface area contributed by atoms with E-state index < -0.39 is 0 Å². The highest BCUT2D eigenvalue weighted by molar-refractivity contribution is 6.35. The van der Waals surface area contributed by atoms with Crippen molar-refractivity contribution in [3.05, 3.63) is 33.8 Å². The van der Waals surface area contributed by atoms with Gasteiger partial charge in [0.15, 0.2) is 0 Å². The molecule has 0 radical (unpaired) electrons. The van der Waals surface area contributed by atoms with E-state index in [0.717, 1.165) is 17.0 Å². The molecule has 2 N–H and O–H groups in total. The van der Waals surface area contributed by atoms with Gasteiger partial charge in [-0.05, 0) is 42.9 Å². The third-order valence-electron chi connectivity index (χ3n) is 3.00. The third-order valence-corrected chi connectivity index (χ3v) is 3.59. The largest absolute Gasteiger partial charge is 0.328 e. The van der Waals surface area contributed by atoms with E-state index in [2.05, 4.69) is 20.8 Å². The predicted octanol–water partition coefficient (Wildman–Crippen LogP) is 4.16. The summed E-state index contributed by atoms with van der Waals surface area (Å²) in [6.45, 7) is 6.43. The molecule has 0 aliphatic heterocycles. The zero-order chi connectivity index (χ0) is 12.3. The molecule has 0 spiro atoms. The van der Waals surface area contributed by atoms with Gasteiger partial charge in [0.1, 0.15) is 0 Å². The van der Waals surface area contributed by atoms with Crippen LogP contribution in [0.5, 0.6) is 0 Å². The van der Waals surface area contributed by atoms with Gasteiger partial charge in [-0.2, -0.15) is 0 Å². The monoisotopic (exact) mass is 259 g/mol. The smallest absolute Gasteiger partial charge is 0.0452 e. The number of halogens is 2. The number of benzene rings is 1. The molecular weight excluding hydrogens is 241 g/mol. The van der Waals surface area contributed by atoms with Crippen molar-refractivity contribution in [1.29, 1.82) is 0 Å². The predicted molar refractivity (Wildman–Crippen MR) is 72.1 cm³/mol. The second kappa shape index (κ2) is 5.90. The molecule has 3 heteroatoms. The lowest BCUT2D eigenvalue weighted by molar-refractivity contribution is 0.330. The number of rotatable bonds is 4. The Bertz CT molecular complexity index is 340. The Kier molecular flexibility index (Phi) is 5.10. The average molecular weight is 260 g/mol. The van der Waals surface area contributed by atoms with Crippen LogP contribution in [-0.2, 0) is 6.42 Å². The van der Waals surface area contributed by atoms with Crippen molar-refractivity contribution >= 4 is 23.2 Å². The van der Waals surface area contributed by atoms with Crippen molar-refractivity contribution < 1.29 is 0 Å². The Labute approximate surface area is 108 Å². The van der Waals surface area contributed by atoms with Gasteiger partial charge in [-0.1, -0.05) is 43.1 Å². The van der Waals surface area contributed by atoms with Gasteiger partial charge in [-0.25, -0.2) is 0 Å². The summed E-state index contributed by atoms with van der Waals surface area (Å²) in [7, 11) is 0. The highest BCUT2D eigenvalue weighted by atomic mass is 35.5. The van der Waals surface area contributed by atoms with Crippen LogP contribution in [0.3, 0.4) is 0 Å². The summed E-state index contributed by atoms with van der Waals surface area (Å²) in [6.07, 6.45) is 0.908. The molecule has 16 heavy (non-hydrogen) atoms. The highest BCUT2D eigenvalue weighted by Crippen LogP contribution is 2.26. The van der Waals surface area contributed by atoms with Crippen LogP contribution in [0.2, 0.25) is 10.0 Å². The fourth-order valence-corrected chi connectivity index (χ4v) is 2.46. The molecule has 0 saturated carbocycles. The summed E-state index contributed by atoms with van der Waals surface area (Å²) in [5.41, 5.74) is 7.12. The molecule has 1 aromatic carbocycles. The van der Waals surface area contributed by atoms with Crippen molar-refractivity contribution in [1.82, 2.24) is 0 Å². The molecule has 0 aromatic heterocycles.